The van der Waals surface area contributed by atoms with Gasteiger partial charge in [-0.2, -0.15) is 0 Å². The van der Waals surface area contributed by atoms with E-state index in [4.69, 9.17) is 5.73 Å². The number of H-pyrrole nitrogens is 1. The van der Waals surface area contributed by atoms with Crippen LogP contribution in [0.1, 0.15) is 12.5 Å². The molecule has 0 aliphatic heterocycles. The number of halogens is 2. The average Bonchev–Trinajstić information content (AvgIpc) is 2.32. The molecule has 0 aliphatic carbocycles. The molecule has 4 nitrogen and oxygen atoms in total. The third kappa shape index (κ3) is 2.62. The van der Waals surface area contributed by atoms with Crippen LogP contribution in [0.2, 0.25) is 0 Å². The Balaban J connectivity index is 2.52. The molecule has 1 atom stereocenters. The van der Waals surface area contributed by atoms with Crippen LogP contribution < -0.4 is 11.3 Å². The second-order valence-corrected chi connectivity index (χ2v) is 4.48. The molecule has 0 saturated carbocycles. The van der Waals surface area contributed by atoms with Crippen molar-refractivity contribution in [3.05, 3.63) is 45.8 Å². The summed E-state index contributed by atoms with van der Waals surface area (Å²) in [7, 11) is 0. The van der Waals surface area contributed by atoms with Gasteiger partial charge in [0, 0.05) is 22.9 Å². The Bertz CT molecular complexity index is 710. The van der Waals surface area contributed by atoms with Crippen LogP contribution in [0.25, 0.3) is 10.9 Å². The van der Waals surface area contributed by atoms with Crippen molar-refractivity contribution in [2.45, 2.75) is 13.3 Å². The normalized spacial score (nSPS) is 12.6. The van der Waals surface area contributed by atoms with Gasteiger partial charge in [0.05, 0.1) is 5.52 Å². The lowest BCUT2D eigenvalue weighted by atomic mass is 10.0. The third-order valence-corrected chi connectivity index (χ3v) is 2.97. The maximum atomic E-state index is 13.1. The van der Waals surface area contributed by atoms with Crippen LogP contribution in [0.5, 0.6) is 0 Å². The summed E-state index contributed by atoms with van der Waals surface area (Å²) < 4.78 is 26.2. The lowest BCUT2D eigenvalue weighted by molar-refractivity contribution is -0.121. The standard InChI is InChI=1S/C13H12F2N2O2/c1-6(12(16)18)2-8-3-7-4-9(14)10(15)5-11(7)17-13(8)19/h3-6H,2H2,1H3,(H2,16,18)(H,17,19)/t6-/m0/s1. The highest BCUT2D eigenvalue weighted by Gasteiger charge is 2.13. The van der Waals surface area contributed by atoms with E-state index >= 15 is 0 Å². The van der Waals surface area contributed by atoms with Gasteiger partial charge in [-0.05, 0) is 18.6 Å². The van der Waals surface area contributed by atoms with Crippen LogP contribution >= 0.6 is 0 Å². The van der Waals surface area contributed by atoms with Crippen LogP contribution in [0.4, 0.5) is 8.78 Å². The lowest BCUT2D eigenvalue weighted by Crippen LogP contribution is -2.25. The maximum absolute atomic E-state index is 13.1. The highest BCUT2D eigenvalue weighted by Crippen LogP contribution is 2.17. The molecule has 0 aliphatic rings. The van der Waals surface area contributed by atoms with Gasteiger partial charge in [-0.25, -0.2) is 8.78 Å². The molecule has 1 aromatic heterocycles. The zero-order chi connectivity index (χ0) is 14.2. The molecule has 1 aromatic carbocycles. The first-order valence-electron chi connectivity index (χ1n) is 5.68. The van der Waals surface area contributed by atoms with Gasteiger partial charge in [0.25, 0.3) is 5.56 Å². The first-order chi connectivity index (χ1) is 8.88. The Hall–Kier alpha value is -2.24. The number of benzene rings is 1. The summed E-state index contributed by atoms with van der Waals surface area (Å²) in [4.78, 5) is 25.2. The minimum Gasteiger partial charge on any atom is -0.369 e. The van der Waals surface area contributed by atoms with Crippen molar-refractivity contribution in [1.82, 2.24) is 4.98 Å². The number of fused-ring (bicyclic) bond motifs is 1. The Morgan fingerprint density at radius 1 is 1.32 bits per heavy atom. The largest absolute Gasteiger partial charge is 0.369 e. The highest BCUT2D eigenvalue weighted by molar-refractivity contribution is 5.80. The van der Waals surface area contributed by atoms with Crippen molar-refractivity contribution in [1.29, 1.82) is 0 Å². The van der Waals surface area contributed by atoms with Gasteiger partial charge >= 0.3 is 0 Å². The van der Waals surface area contributed by atoms with Crippen LogP contribution in [0, 0.1) is 17.6 Å². The van der Waals surface area contributed by atoms with E-state index in [0.717, 1.165) is 12.1 Å². The molecule has 0 spiro atoms. The van der Waals surface area contributed by atoms with E-state index in [9.17, 15) is 18.4 Å². The first-order valence-corrected chi connectivity index (χ1v) is 5.68. The van der Waals surface area contributed by atoms with E-state index in [-0.39, 0.29) is 11.9 Å². The van der Waals surface area contributed by atoms with E-state index in [1.54, 1.807) is 6.92 Å². The van der Waals surface area contributed by atoms with Crippen LogP contribution in [0.3, 0.4) is 0 Å². The van der Waals surface area contributed by atoms with Gasteiger partial charge in [0.2, 0.25) is 5.91 Å². The van der Waals surface area contributed by atoms with Gasteiger partial charge in [0.15, 0.2) is 11.6 Å². The summed E-state index contributed by atoms with van der Waals surface area (Å²) in [5.41, 5.74) is 5.21. The number of amides is 1. The van der Waals surface area contributed by atoms with Gasteiger partial charge in [0.1, 0.15) is 0 Å². The molecule has 2 aromatic rings. The summed E-state index contributed by atoms with van der Waals surface area (Å²) in [6, 6.07) is 3.36. The molecule has 3 N–H and O–H groups in total. The second-order valence-electron chi connectivity index (χ2n) is 4.48. The molecule has 0 bridgehead atoms. The summed E-state index contributed by atoms with van der Waals surface area (Å²) >= 11 is 0. The van der Waals surface area contributed by atoms with E-state index in [2.05, 4.69) is 4.98 Å². The Labute approximate surface area is 107 Å². The highest BCUT2D eigenvalue weighted by atomic mass is 19.2. The smallest absolute Gasteiger partial charge is 0.251 e. The van der Waals surface area contributed by atoms with Crippen LogP contribution in [-0.4, -0.2) is 10.9 Å². The summed E-state index contributed by atoms with van der Waals surface area (Å²) in [6.45, 7) is 1.59. The number of primary amides is 1. The molecule has 6 heteroatoms. The lowest BCUT2D eigenvalue weighted by Gasteiger charge is -2.07. The zero-order valence-electron chi connectivity index (χ0n) is 10.2. The maximum Gasteiger partial charge on any atom is 0.251 e. The van der Waals surface area contributed by atoms with Crippen molar-refractivity contribution in [2.24, 2.45) is 11.7 Å². The van der Waals surface area contributed by atoms with Crippen molar-refractivity contribution in [3.8, 4) is 0 Å². The van der Waals surface area contributed by atoms with Crippen molar-refractivity contribution < 1.29 is 13.6 Å². The number of pyridine rings is 1. The molecule has 0 radical (unpaired) electrons. The Morgan fingerprint density at radius 3 is 2.58 bits per heavy atom. The molecule has 0 fully saturated rings. The van der Waals surface area contributed by atoms with E-state index in [1.807, 2.05) is 0 Å². The molecule has 0 saturated heterocycles. The monoisotopic (exact) mass is 266 g/mol. The number of carbonyl (C=O) groups is 1. The molecular weight excluding hydrogens is 254 g/mol. The SMILES string of the molecule is C[C@@H](Cc1cc2cc(F)c(F)cc2[nH]c1=O)C(N)=O. The minimum absolute atomic E-state index is 0.152. The second kappa shape index (κ2) is 4.79. The van der Waals surface area contributed by atoms with Gasteiger partial charge in [-0.15, -0.1) is 0 Å². The zero-order valence-corrected chi connectivity index (χ0v) is 10.2. The number of nitrogens with two attached hydrogens (primary N) is 1. The number of hydrogen-bond donors (Lipinski definition) is 2. The van der Waals surface area contributed by atoms with E-state index in [1.165, 1.54) is 6.07 Å². The van der Waals surface area contributed by atoms with E-state index < -0.39 is 29.0 Å². The molecule has 1 heterocycles. The third-order valence-electron chi connectivity index (χ3n) is 2.97. The number of aromatic amines is 1. The molecule has 100 valence electrons. The average molecular weight is 266 g/mol. The summed E-state index contributed by atoms with van der Waals surface area (Å²) in [5.74, 6) is -3.05. The van der Waals surface area contributed by atoms with Crippen molar-refractivity contribution in [2.75, 3.05) is 0 Å². The van der Waals surface area contributed by atoms with Crippen LogP contribution in [0.15, 0.2) is 23.0 Å². The number of aromatic nitrogens is 1. The molecule has 1 amide bonds. The quantitative estimate of drug-likeness (QED) is 0.882. The van der Waals surface area contributed by atoms with Crippen molar-refractivity contribution in [3.63, 3.8) is 0 Å². The number of hydrogen-bond acceptors (Lipinski definition) is 2. The van der Waals surface area contributed by atoms with Crippen molar-refractivity contribution >= 4 is 16.8 Å². The van der Waals surface area contributed by atoms with Gasteiger partial charge < -0.3 is 10.7 Å². The minimum atomic E-state index is -1.03. The molecule has 2 rings (SSSR count). The topological polar surface area (TPSA) is 75.9 Å². The van der Waals surface area contributed by atoms with Gasteiger partial charge in [-0.3, -0.25) is 9.59 Å². The number of nitrogens with one attached hydrogen (secondary N) is 1. The predicted octanol–water partition coefficient (Wildman–Crippen LogP) is 1.47. The summed E-state index contributed by atoms with van der Waals surface area (Å²) in [6.07, 6.45) is 0.152. The fraction of sp³-hybridized carbons (Fsp3) is 0.231. The fourth-order valence-corrected chi connectivity index (χ4v) is 1.83. The molecule has 19 heavy (non-hydrogen) atoms. The molecule has 0 unspecified atom stereocenters. The van der Waals surface area contributed by atoms with Crippen LogP contribution in [-0.2, 0) is 11.2 Å². The Kier molecular flexibility index (Phi) is 3.33. The summed E-state index contributed by atoms with van der Waals surface area (Å²) in [5, 5.41) is 0.366. The number of carbonyl (C=O) groups excluding carboxylic acids is 1. The van der Waals surface area contributed by atoms with Gasteiger partial charge in [-0.1, -0.05) is 6.92 Å². The number of rotatable bonds is 3. The predicted molar refractivity (Wildman–Crippen MR) is 66.5 cm³/mol. The first kappa shape index (κ1) is 13.2. The Morgan fingerprint density at radius 2 is 1.95 bits per heavy atom. The van der Waals surface area contributed by atoms with E-state index in [0.29, 0.717) is 10.9 Å². The fourth-order valence-electron chi connectivity index (χ4n) is 1.83. The molecular formula is C13H12F2N2O2.